The Morgan fingerprint density at radius 1 is 1.08 bits per heavy atom. The molecule has 1 N–H and O–H groups in total. The summed E-state index contributed by atoms with van der Waals surface area (Å²) < 4.78 is 24.9. The Bertz CT molecular complexity index is 1020. The number of carbonyl (C=O) groups excluding carboxylic acids is 2. The highest BCUT2D eigenvalue weighted by Crippen LogP contribution is 2.34. The van der Waals surface area contributed by atoms with Crippen molar-refractivity contribution in [2.24, 2.45) is 5.92 Å². The third-order valence-electron chi connectivity index (χ3n) is 6.49. The maximum absolute atomic E-state index is 13.8. The predicted molar refractivity (Wildman–Crippen MR) is 139 cm³/mol. The Morgan fingerprint density at radius 2 is 1.75 bits per heavy atom. The van der Waals surface area contributed by atoms with E-state index in [1.807, 2.05) is 13.8 Å². The molecule has 0 spiro atoms. The molecule has 0 aromatic heterocycles. The lowest BCUT2D eigenvalue weighted by atomic mass is 9.87. The molecule has 196 valence electrons. The number of benzene rings is 2. The Kier molecular flexibility index (Phi) is 9.99. The van der Waals surface area contributed by atoms with Crippen LogP contribution in [0.4, 0.5) is 4.39 Å². The standard InChI is InChI=1S/C28H36ClFN2O4/c1-18(2)36-24-14-9-21(15-25(24)35-4)27(28(34)31-23-12-5-19(3)6-13-23)32(26(33)16-29)17-20-7-10-22(30)11-8-20/h7-11,14-15,18-19,23,27H,5-6,12-13,16-17H2,1-4H3,(H,31,34)/t19?,23?,27-/m0/s1. The van der Waals surface area contributed by atoms with Gasteiger partial charge in [-0.05, 0) is 80.8 Å². The molecule has 0 radical (unpaired) electrons. The van der Waals surface area contributed by atoms with Crippen molar-refractivity contribution < 1.29 is 23.5 Å². The van der Waals surface area contributed by atoms with Crippen LogP contribution in [0.25, 0.3) is 0 Å². The summed E-state index contributed by atoms with van der Waals surface area (Å²) in [5.74, 6) is 0.294. The number of hydrogen-bond acceptors (Lipinski definition) is 4. The van der Waals surface area contributed by atoms with Crippen molar-refractivity contribution in [2.75, 3.05) is 13.0 Å². The number of rotatable bonds is 10. The van der Waals surface area contributed by atoms with Gasteiger partial charge in [0, 0.05) is 12.6 Å². The second-order valence-electron chi connectivity index (χ2n) is 9.73. The van der Waals surface area contributed by atoms with Crippen LogP contribution in [0.15, 0.2) is 42.5 Å². The zero-order chi connectivity index (χ0) is 26.2. The van der Waals surface area contributed by atoms with Crippen molar-refractivity contribution in [3.63, 3.8) is 0 Å². The molecule has 0 bridgehead atoms. The van der Waals surface area contributed by atoms with Gasteiger partial charge in [0.1, 0.15) is 17.7 Å². The van der Waals surface area contributed by atoms with E-state index in [1.54, 1.807) is 30.3 Å². The molecule has 1 fully saturated rings. The summed E-state index contributed by atoms with van der Waals surface area (Å²) >= 11 is 6.00. The van der Waals surface area contributed by atoms with Crippen molar-refractivity contribution in [2.45, 2.75) is 71.2 Å². The van der Waals surface area contributed by atoms with E-state index in [-0.39, 0.29) is 36.3 Å². The minimum Gasteiger partial charge on any atom is -0.493 e. The van der Waals surface area contributed by atoms with Gasteiger partial charge in [-0.25, -0.2) is 4.39 Å². The Labute approximate surface area is 218 Å². The lowest BCUT2D eigenvalue weighted by molar-refractivity contribution is -0.140. The number of carbonyl (C=O) groups is 2. The predicted octanol–water partition coefficient (Wildman–Crippen LogP) is 5.63. The van der Waals surface area contributed by atoms with Crippen LogP contribution in [0.1, 0.15) is 63.6 Å². The number of halogens is 2. The first-order valence-electron chi connectivity index (χ1n) is 12.5. The fraction of sp³-hybridized carbons (Fsp3) is 0.500. The molecule has 1 saturated carbocycles. The molecule has 0 aliphatic heterocycles. The van der Waals surface area contributed by atoms with Crippen molar-refractivity contribution in [1.82, 2.24) is 10.2 Å². The van der Waals surface area contributed by atoms with Gasteiger partial charge in [-0.15, -0.1) is 11.6 Å². The lowest BCUT2D eigenvalue weighted by Gasteiger charge is -2.34. The van der Waals surface area contributed by atoms with Crippen molar-refractivity contribution in [1.29, 1.82) is 0 Å². The molecular weight excluding hydrogens is 483 g/mol. The highest BCUT2D eigenvalue weighted by molar-refractivity contribution is 6.27. The van der Waals surface area contributed by atoms with Gasteiger partial charge in [0.15, 0.2) is 11.5 Å². The van der Waals surface area contributed by atoms with E-state index >= 15 is 0 Å². The third kappa shape index (κ3) is 7.36. The second-order valence-corrected chi connectivity index (χ2v) is 9.99. The van der Waals surface area contributed by atoms with Gasteiger partial charge in [-0.2, -0.15) is 0 Å². The van der Waals surface area contributed by atoms with E-state index in [0.29, 0.717) is 28.5 Å². The van der Waals surface area contributed by atoms with E-state index in [1.165, 1.54) is 24.1 Å². The monoisotopic (exact) mass is 518 g/mol. The van der Waals surface area contributed by atoms with Gasteiger partial charge in [-0.3, -0.25) is 9.59 Å². The van der Waals surface area contributed by atoms with E-state index < -0.39 is 11.9 Å². The highest BCUT2D eigenvalue weighted by atomic mass is 35.5. The molecule has 1 aliphatic rings. The minimum atomic E-state index is -0.956. The zero-order valence-electron chi connectivity index (χ0n) is 21.4. The molecule has 2 amide bonds. The number of nitrogens with zero attached hydrogens (tertiary/aromatic N) is 1. The Morgan fingerprint density at radius 3 is 2.33 bits per heavy atom. The molecule has 1 atom stereocenters. The van der Waals surface area contributed by atoms with Gasteiger partial charge >= 0.3 is 0 Å². The largest absolute Gasteiger partial charge is 0.493 e. The van der Waals surface area contributed by atoms with Crippen molar-refractivity contribution >= 4 is 23.4 Å². The number of ether oxygens (including phenoxy) is 2. The van der Waals surface area contributed by atoms with Gasteiger partial charge < -0.3 is 19.7 Å². The van der Waals surface area contributed by atoms with Crippen LogP contribution in [0, 0.1) is 11.7 Å². The highest BCUT2D eigenvalue weighted by Gasteiger charge is 2.33. The van der Waals surface area contributed by atoms with Gasteiger partial charge in [0.05, 0.1) is 13.2 Å². The van der Waals surface area contributed by atoms with E-state index in [4.69, 9.17) is 21.1 Å². The fourth-order valence-electron chi connectivity index (χ4n) is 4.55. The summed E-state index contributed by atoms with van der Waals surface area (Å²) in [6.45, 7) is 6.14. The van der Waals surface area contributed by atoms with Gasteiger partial charge in [0.2, 0.25) is 11.8 Å². The maximum Gasteiger partial charge on any atom is 0.247 e. The Hall–Kier alpha value is -2.80. The molecule has 0 saturated heterocycles. The average Bonchev–Trinajstić information content (AvgIpc) is 2.86. The smallest absolute Gasteiger partial charge is 0.247 e. The lowest BCUT2D eigenvalue weighted by Crippen LogP contribution is -2.47. The summed E-state index contributed by atoms with van der Waals surface area (Å²) in [4.78, 5) is 28.3. The van der Waals surface area contributed by atoms with Crippen LogP contribution in [0.2, 0.25) is 0 Å². The van der Waals surface area contributed by atoms with Crippen LogP contribution < -0.4 is 14.8 Å². The fourth-order valence-corrected chi connectivity index (χ4v) is 4.70. The normalized spacial score (nSPS) is 18.4. The molecule has 3 rings (SSSR count). The van der Waals surface area contributed by atoms with Crippen molar-refractivity contribution in [3.8, 4) is 11.5 Å². The van der Waals surface area contributed by atoms with Crippen LogP contribution >= 0.6 is 11.6 Å². The summed E-state index contributed by atoms with van der Waals surface area (Å²) in [6.07, 6.45) is 3.82. The van der Waals surface area contributed by atoms with E-state index in [9.17, 15) is 14.0 Å². The number of methoxy groups -OCH3 is 1. The second kappa shape index (κ2) is 12.9. The first-order valence-corrected chi connectivity index (χ1v) is 13.0. The number of nitrogens with one attached hydrogen (secondary N) is 1. The molecule has 6 nitrogen and oxygen atoms in total. The average molecular weight is 519 g/mol. The molecule has 1 aliphatic carbocycles. The number of alkyl halides is 1. The number of amides is 2. The minimum absolute atomic E-state index is 0.0421. The summed E-state index contributed by atoms with van der Waals surface area (Å²) in [6, 6.07) is 10.2. The molecule has 8 heteroatoms. The van der Waals surface area contributed by atoms with Crippen LogP contribution in [-0.4, -0.2) is 41.8 Å². The van der Waals surface area contributed by atoms with Crippen LogP contribution in [0.5, 0.6) is 11.5 Å². The summed E-state index contributed by atoms with van der Waals surface area (Å²) in [5, 5.41) is 3.17. The molecule has 2 aromatic carbocycles. The molecule has 0 unspecified atom stereocenters. The molecule has 0 heterocycles. The van der Waals surface area contributed by atoms with E-state index in [0.717, 1.165) is 25.7 Å². The third-order valence-corrected chi connectivity index (χ3v) is 6.72. The zero-order valence-corrected chi connectivity index (χ0v) is 22.2. The Balaban J connectivity index is 2.00. The van der Waals surface area contributed by atoms with Crippen molar-refractivity contribution in [3.05, 3.63) is 59.4 Å². The topological polar surface area (TPSA) is 67.9 Å². The van der Waals surface area contributed by atoms with Gasteiger partial charge in [0.25, 0.3) is 0 Å². The van der Waals surface area contributed by atoms with E-state index in [2.05, 4.69) is 12.2 Å². The first kappa shape index (κ1) is 27.8. The SMILES string of the molecule is COc1cc([C@@H](C(=O)NC2CCC(C)CC2)N(Cc2ccc(F)cc2)C(=O)CCl)ccc1OC(C)C. The molecule has 36 heavy (non-hydrogen) atoms. The van der Waals surface area contributed by atoms with Gasteiger partial charge in [-0.1, -0.05) is 25.1 Å². The quantitative estimate of drug-likeness (QED) is 0.414. The number of hydrogen-bond donors (Lipinski definition) is 1. The van der Waals surface area contributed by atoms with Crippen LogP contribution in [0.3, 0.4) is 0 Å². The van der Waals surface area contributed by atoms with Crippen LogP contribution in [-0.2, 0) is 16.1 Å². The summed E-state index contributed by atoms with van der Waals surface area (Å²) in [5.41, 5.74) is 1.26. The molecular formula is C28H36ClFN2O4. The first-order chi connectivity index (χ1) is 17.2. The molecule has 2 aromatic rings. The summed E-state index contributed by atoms with van der Waals surface area (Å²) in [7, 11) is 1.53. The maximum atomic E-state index is 13.8.